The van der Waals surface area contributed by atoms with Crippen LogP contribution in [0.3, 0.4) is 0 Å². The molecule has 0 saturated carbocycles. The Kier molecular flexibility index (Phi) is 4.19. The third-order valence-electron chi connectivity index (χ3n) is 3.19. The van der Waals surface area contributed by atoms with Crippen molar-refractivity contribution in [2.24, 2.45) is 0 Å². The first-order valence-corrected chi connectivity index (χ1v) is 6.31. The van der Waals surface area contributed by atoms with Gasteiger partial charge in [-0.25, -0.2) is 4.39 Å². The van der Waals surface area contributed by atoms with Crippen molar-refractivity contribution in [2.45, 2.75) is 38.1 Å². The van der Waals surface area contributed by atoms with Crippen LogP contribution >= 0.6 is 11.6 Å². The number of piperidine rings is 1. The fourth-order valence-electron chi connectivity index (χ4n) is 2.22. The van der Waals surface area contributed by atoms with Gasteiger partial charge in [-0.3, -0.25) is 0 Å². The van der Waals surface area contributed by atoms with Crippen LogP contribution in [0.25, 0.3) is 0 Å². The maximum atomic E-state index is 12.8. The third-order valence-corrected chi connectivity index (χ3v) is 3.54. The van der Waals surface area contributed by atoms with Crippen molar-refractivity contribution in [2.75, 3.05) is 6.54 Å². The molecule has 0 spiro atoms. The van der Waals surface area contributed by atoms with Gasteiger partial charge in [-0.15, -0.1) is 0 Å². The molecule has 2 rings (SSSR count). The lowest BCUT2D eigenvalue weighted by atomic mass is 9.98. The first-order chi connectivity index (χ1) is 7.75. The predicted octanol–water partition coefficient (Wildman–Crippen LogP) is 3.55. The summed E-state index contributed by atoms with van der Waals surface area (Å²) in [7, 11) is 0. The van der Waals surface area contributed by atoms with Gasteiger partial charge in [-0.2, -0.15) is 0 Å². The standard InChI is InChI=1S/C13H17ClFN/c14-13-9-11(15)6-4-10(13)5-7-12-3-1-2-8-16-12/h4,6,9,12,16H,1-3,5,7-8H2. The minimum absolute atomic E-state index is 0.260. The summed E-state index contributed by atoms with van der Waals surface area (Å²) in [4.78, 5) is 0. The monoisotopic (exact) mass is 241 g/mol. The Morgan fingerprint density at radius 1 is 1.38 bits per heavy atom. The molecule has 1 saturated heterocycles. The van der Waals surface area contributed by atoms with Gasteiger partial charge in [0.15, 0.2) is 0 Å². The Labute approximate surface area is 101 Å². The summed E-state index contributed by atoms with van der Waals surface area (Å²) in [6.45, 7) is 1.13. The average molecular weight is 242 g/mol. The molecular formula is C13H17ClFN. The largest absolute Gasteiger partial charge is 0.314 e. The number of aryl methyl sites for hydroxylation is 1. The molecule has 1 heterocycles. The maximum absolute atomic E-state index is 12.8. The molecule has 1 atom stereocenters. The molecule has 0 radical (unpaired) electrons. The van der Waals surface area contributed by atoms with E-state index >= 15 is 0 Å². The van der Waals surface area contributed by atoms with Crippen molar-refractivity contribution >= 4 is 11.6 Å². The van der Waals surface area contributed by atoms with Crippen LogP contribution in [0.5, 0.6) is 0 Å². The smallest absolute Gasteiger partial charge is 0.124 e. The molecule has 3 heteroatoms. The van der Waals surface area contributed by atoms with Gasteiger partial charge in [0, 0.05) is 11.1 Å². The molecule has 1 unspecified atom stereocenters. The van der Waals surface area contributed by atoms with Gasteiger partial charge in [0.05, 0.1) is 0 Å². The summed E-state index contributed by atoms with van der Waals surface area (Å²) in [5.74, 6) is -0.260. The molecular weight excluding hydrogens is 225 g/mol. The highest BCUT2D eigenvalue weighted by Gasteiger charge is 2.12. The molecule has 0 aliphatic carbocycles. The first kappa shape index (κ1) is 11.9. The summed E-state index contributed by atoms with van der Waals surface area (Å²) < 4.78 is 12.8. The zero-order chi connectivity index (χ0) is 11.4. The molecule has 0 amide bonds. The van der Waals surface area contributed by atoms with E-state index < -0.39 is 0 Å². The molecule has 0 bridgehead atoms. The van der Waals surface area contributed by atoms with E-state index in [-0.39, 0.29) is 5.82 Å². The minimum atomic E-state index is -0.260. The van der Waals surface area contributed by atoms with Crippen molar-refractivity contribution in [3.8, 4) is 0 Å². The van der Waals surface area contributed by atoms with Crippen molar-refractivity contribution < 1.29 is 4.39 Å². The van der Waals surface area contributed by atoms with Gasteiger partial charge >= 0.3 is 0 Å². The summed E-state index contributed by atoms with van der Waals surface area (Å²) in [6, 6.07) is 5.27. The van der Waals surface area contributed by atoms with Gasteiger partial charge in [0.25, 0.3) is 0 Å². The Morgan fingerprint density at radius 2 is 2.25 bits per heavy atom. The maximum Gasteiger partial charge on any atom is 0.124 e. The van der Waals surface area contributed by atoms with E-state index in [0.29, 0.717) is 11.1 Å². The molecule has 1 N–H and O–H groups in total. The van der Waals surface area contributed by atoms with Gasteiger partial charge in [-0.1, -0.05) is 24.1 Å². The van der Waals surface area contributed by atoms with E-state index in [1.807, 2.05) is 0 Å². The lowest BCUT2D eigenvalue weighted by Gasteiger charge is -2.23. The normalized spacial score (nSPS) is 21.0. The van der Waals surface area contributed by atoms with E-state index in [1.165, 1.54) is 31.4 Å². The van der Waals surface area contributed by atoms with Gasteiger partial charge in [0.2, 0.25) is 0 Å². The lowest BCUT2D eigenvalue weighted by Crippen LogP contribution is -2.34. The summed E-state index contributed by atoms with van der Waals surface area (Å²) in [6.07, 6.45) is 5.86. The summed E-state index contributed by atoms with van der Waals surface area (Å²) in [5, 5.41) is 4.05. The topological polar surface area (TPSA) is 12.0 Å². The minimum Gasteiger partial charge on any atom is -0.314 e. The van der Waals surface area contributed by atoms with E-state index in [2.05, 4.69) is 5.32 Å². The number of benzene rings is 1. The number of nitrogens with one attached hydrogen (secondary N) is 1. The number of halogens is 2. The van der Waals surface area contributed by atoms with Crippen LogP contribution in [-0.4, -0.2) is 12.6 Å². The number of rotatable bonds is 3. The molecule has 16 heavy (non-hydrogen) atoms. The van der Waals surface area contributed by atoms with Gasteiger partial charge < -0.3 is 5.32 Å². The SMILES string of the molecule is Fc1ccc(CCC2CCCCN2)c(Cl)c1. The molecule has 88 valence electrons. The van der Waals surface area contributed by atoms with Crippen LogP contribution in [0.1, 0.15) is 31.2 Å². The van der Waals surface area contributed by atoms with Crippen LogP contribution in [0.15, 0.2) is 18.2 Å². The van der Waals surface area contributed by atoms with Crippen molar-refractivity contribution in [1.82, 2.24) is 5.32 Å². The lowest BCUT2D eigenvalue weighted by molar-refractivity contribution is 0.383. The van der Waals surface area contributed by atoms with E-state index in [9.17, 15) is 4.39 Å². The van der Waals surface area contributed by atoms with E-state index in [0.717, 1.165) is 24.9 Å². The van der Waals surface area contributed by atoms with Crippen molar-refractivity contribution in [3.63, 3.8) is 0 Å². The second-order valence-corrected chi connectivity index (χ2v) is 4.83. The van der Waals surface area contributed by atoms with Crippen LogP contribution in [0.2, 0.25) is 5.02 Å². The molecule has 1 aliphatic heterocycles. The highest BCUT2D eigenvalue weighted by atomic mass is 35.5. The van der Waals surface area contributed by atoms with Crippen molar-refractivity contribution in [3.05, 3.63) is 34.6 Å². The highest BCUT2D eigenvalue weighted by molar-refractivity contribution is 6.31. The highest BCUT2D eigenvalue weighted by Crippen LogP contribution is 2.20. The fourth-order valence-corrected chi connectivity index (χ4v) is 2.49. The molecule has 1 aromatic rings. The van der Waals surface area contributed by atoms with Crippen LogP contribution in [-0.2, 0) is 6.42 Å². The summed E-state index contributed by atoms with van der Waals surface area (Å²) >= 11 is 5.99. The number of hydrogen-bond donors (Lipinski definition) is 1. The van der Waals surface area contributed by atoms with Gasteiger partial charge in [0.1, 0.15) is 5.82 Å². The van der Waals surface area contributed by atoms with Crippen LogP contribution < -0.4 is 5.32 Å². The Hall–Kier alpha value is -0.600. The van der Waals surface area contributed by atoms with E-state index in [4.69, 9.17) is 11.6 Å². The van der Waals surface area contributed by atoms with Crippen LogP contribution in [0, 0.1) is 5.82 Å². The Bertz CT molecular complexity index is 348. The molecule has 1 aliphatic rings. The first-order valence-electron chi connectivity index (χ1n) is 5.93. The van der Waals surface area contributed by atoms with Gasteiger partial charge in [-0.05, 0) is 49.9 Å². The van der Waals surface area contributed by atoms with Crippen molar-refractivity contribution in [1.29, 1.82) is 0 Å². The molecule has 0 aromatic heterocycles. The third kappa shape index (κ3) is 3.19. The molecule has 1 nitrogen and oxygen atoms in total. The van der Waals surface area contributed by atoms with E-state index in [1.54, 1.807) is 6.07 Å². The molecule has 1 fully saturated rings. The fraction of sp³-hybridized carbons (Fsp3) is 0.538. The second-order valence-electron chi connectivity index (χ2n) is 4.42. The predicted molar refractivity (Wildman–Crippen MR) is 65.4 cm³/mol. The quantitative estimate of drug-likeness (QED) is 0.854. The Morgan fingerprint density at radius 3 is 2.94 bits per heavy atom. The average Bonchev–Trinajstić information content (AvgIpc) is 2.29. The zero-order valence-corrected chi connectivity index (χ0v) is 10.1. The molecule has 1 aromatic carbocycles. The Balaban J connectivity index is 1.88. The zero-order valence-electron chi connectivity index (χ0n) is 9.31. The second kappa shape index (κ2) is 5.65. The van der Waals surface area contributed by atoms with Crippen LogP contribution in [0.4, 0.5) is 4.39 Å². The number of hydrogen-bond acceptors (Lipinski definition) is 1. The summed E-state index contributed by atoms with van der Waals surface area (Å²) in [5.41, 5.74) is 1.05.